The van der Waals surface area contributed by atoms with Gasteiger partial charge in [-0.15, -0.1) is 0 Å². The summed E-state index contributed by atoms with van der Waals surface area (Å²) in [4.78, 5) is 26.2. The highest BCUT2D eigenvalue weighted by Crippen LogP contribution is 2.41. The van der Waals surface area contributed by atoms with E-state index in [0.29, 0.717) is 67.3 Å². The van der Waals surface area contributed by atoms with Crippen LogP contribution < -0.4 is 0 Å². The summed E-state index contributed by atoms with van der Waals surface area (Å²) in [7, 11) is 0. The predicted molar refractivity (Wildman–Crippen MR) is 210 cm³/mol. The third-order valence-corrected chi connectivity index (χ3v) is 9.34. The SMILES string of the molecule is N#Cc1c(-c2ccncc2)nc(-c2ccncc2)c(C#N)c1-c1ccc(-c2ccc(-c3c(C#N)c(-c4ccncc4)nc(-c4ccncc4)c3C#N)cc2)cc1. The molecule has 0 unspecified atom stereocenters. The van der Waals surface area contributed by atoms with E-state index in [9.17, 15) is 21.0 Å². The molecule has 0 bridgehead atoms. The van der Waals surface area contributed by atoms with Crippen molar-refractivity contribution in [3.05, 3.63) is 169 Å². The Balaban J connectivity index is 1.24. The fourth-order valence-electron chi connectivity index (χ4n) is 6.72. The molecular weight excluding hydrogens is 693 g/mol. The number of nitrogens with zero attached hydrogens (tertiary/aromatic N) is 10. The first kappa shape index (κ1) is 34.4. The highest BCUT2D eigenvalue weighted by molar-refractivity contribution is 5.91. The first-order valence-corrected chi connectivity index (χ1v) is 17.2. The van der Waals surface area contributed by atoms with E-state index in [2.05, 4.69) is 44.2 Å². The molecule has 10 nitrogen and oxygen atoms in total. The number of nitriles is 4. The molecule has 8 rings (SSSR count). The maximum atomic E-state index is 10.5. The van der Waals surface area contributed by atoms with Gasteiger partial charge in [-0.1, -0.05) is 48.5 Å². The minimum Gasteiger partial charge on any atom is -0.265 e. The van der Waals surface area contributed by atoms with Crippen LogP contribution in [-0.4, -0.2) is 29.9 Å². The Bertz CT molecular complexity index is 2550. The fraction of sp³-hybridized carbons (Fsp3) is 0. The molecule has 0 aliphatic rings. The van der Waals surface area contributed by atoms with Gasteiger partial charge in [-0.25, -0.2) is 9.97 Å². The van der Waals surface area contributed by atoms with E-state index < -0.39 is 0 Å². The molecule has 0 saturated carbocycles. The fourth-order valence-corrected chi connectivity index (χ4v) is 6.72. The average Bonchev–Trinajstić information content (AvgIpc) is 3.28. The highest BCUT2D eigenvalue weighted by Gasteiger charge is 2.25. The largest absolute Gasteiger partial charge is 0.265 e. The average molecular weight is 717 g/mol. The Morgan fingerprint density at radius 3 is 0.696 bits per heavy atom. The maximum Gasteiger partial charge on any atom is 0.102 e. The lowest BCUT2D eigenvalue weighted by Gasteiger charge is -2.16. The van der Waals surface area contributed by atoms with E-state index in [-0.39, 0.29) is 22.3 Å². The molecule has 0 saturated heterocycles. The van der Waals surface area contributed by atoms with Crippen LogP contribution in [0.2, 0.25) is 0 Å². The number of hydrogen-bond donors (Lipinski definition) is 0. The Morgan fingerprint density at radius 2 is 0.482 bits per heavy atom. The van der Waals surface area contributed by atoms with Gasteiger partial charge in [-0.05, 0) is 70.8 Å². The second-order valence-corrected chi connectivity index (χ2v) is 12.4. The van der Waals surface area contributed by atoms with Gasteiger partial charge in [-0.3, -0.25) is 19.9 Å². The smallest absolute Gasteiger partial charge is 0.102 e. The molecule has 8 aromatic rings. The van der Waals surface area contributed by atoms with Crippen molar-refractivity contribution >= 4 is 0 Å². The molecule has 10 heteroatoms. The van der Waals surface area contributed by atoms with Crippen molar-refractivity contribution < 1.29 is 0 Å². The maximum absolute atomic E-state index is 10.5. The van der Waals surface area contributed by atoms with Crippen LogP contribution in [0.25, 0.3) is 78.4 Å². The van der Waals surface area contributed by atoms with Crippen LogP contribution in [0.5, 0.6) is 0 Å². The Labute approximate surface area is 321 Å². The van der Waals surface area contributed by atoms with Gasteiger partial charge in [0, 0.05) is 83.0 Å². The molecule has 0 aliphatic carbocycles. The normalized spacial score (nSPS) is 10.4. The molecular formula is C46H24N10. The second-order valence-electron chi connectivity index (χ2n) is 12.4. The Hall–Kier alpha value is -8.70. The lowest BCUT2D eigenvalue weighted by molar-refractivity contribution is 1.25. The van der Waals surface area contributed by atoms with E-state index in [1.165, 1.54) is 0 Å². The lowest BCUT2D eigenvalue weighted by atomic mass is 9.88. The predicted octanol–water partition coefficient (Wildman–Crippen LogP) is 9.21. The van der Waals surface area contributed by atoms with Crippen LogP contribution in [0, 0.1) is 45.3 Å². The number of rotatable bonds is 7. The Kier molecular flexibility index (Phi) is 9.28. The van der Waals surface area contributed by atoms with Crippen molar-refractivity contribution in [1.29, 1.82) is 21.0 Å². The van der Waals surface area contributed by atoms with E-state index in [4.69, 9.17) is 9.97 Å². The molecule has 0 amide bonds. The number of pyridine rings is 6. The van der Waals surface area contributed by atoms with Gasteiger partial charge in [-0.2, -0.15) is 21.0 Å². The number of hydrogen-bond acceptors (Lipinski definition) is 10. The minimum absolute atomic E-state index is 0.277. The monoisotopic (exact) mass is 716 g/mol. The number of aromatic nitrogens is 6. The van der Waals surface area contributed by atoms with Gasteiger partial charge >= 0.3 is 0 Å². The Morgan fingerprint density at radius 1 is 0.268 bits per heavy atom. The van der Waals surface area contributed by atoms with Crippen molar-refractivity contribution in [2.45, 2.75) is 0 Å². The summed E-state index contributed by atoms with van der Waals surface area (Å²) in [5.41, 5.74) is 9.73. The van der Waals surface area contributed by atoms with Crippen molar-refractivity contribution in [2.75, 3.05) is 0 Å². The van der Waals surface area contributed by atoms with Crippen molar-refractivity contribution in [3.63, 3.8) is 0 Å². The molecule has 0 radical (unpaired) electrons. The number of benzene rings is 2. The molecule has 0 spiro atoms. The topological polar surface area (TPSA) is 172 Å². The van der Waals surface area contributed by atoms with Gasteiger partial charge in [0.2, 0.25) is 0 Å². The molecule has 0 aliphatic heterocycles. The standard InChI is InChI=1S/C46H24N10/c47-25-37-41(38(26-48)44(34-11-19-52-20-12-34)55-43(37)33-9-17-51-18-10-33)31-5-1-29(2-6-31)30-3-7-32(8-4-30)42-39(27-49)45(35-13-21-53-22-14-35)56-46(40(42)28-50)36-15-23-54-24-16-36/h1-24H. The summed E-state index contributed by atoms with van der Waals surface area (Å²) in [5, 5.41) is 42.1. The summed E-state index contributed by atoms with van der Waals surface area (Å²) in [6.45, 7) is 0. The van der Waals surface area contributed by atoms with Crippen LogP contribution in [0.1, 0.15) is 22.3 Å². The van der Waals surface area contributed by atoms with E-state index in [1.807, 2.05) is 48.5 Å². The third kappa shape index (κ3) is 6.25. The molecule has 2 aromatic carbocycles. The quantitative estimate of drug-likeness (QED) is 0.155. The highest BCUT2D eigenvalue weighted by atomic mass is 14.8. The zero-order valence-corrected chi connectivity index (χ0v) is 29.3. The first-order chi connectivity index (χ1) is 27.6. The summed E-state index contributed by atoms with van der Waals surface area (Å²) < 4.78 is 0. The molecule has 56 heavy (non-hydrogen) atoms. The van der Waals surface area contributed by atoms with Gasteiger partial charge in [0.15, 0.2) is 0 Å². The van der Waals surface area contributed by atoms with Crippen LogP contribution in [-0.2, 0) is 0 Å². The summed E-state index contributed by atoms with van der Waals surface area (Å²) in [5.74, 6) is 0. The van der Waals surface area contributed by atoms with Gasteiger partial charge < -0.3 is 0 Å². The van der Waals surface area contributed by atoms with E-state index >= 15 is 0 Å². The minimum atomic E-state index is 0.277. The molecule has 258 valence electrons. The summed E-state index contributed by atoms with van der Waals surface area (Å²) in [6, 6.07) is 38.9. The van der Waals surface area contributed by atoms with Crippen molar-refractivity contribution in [3.8, 4) is 103 Å². The van der Waals surface area contributed by atoms with Gasteiger partial charge in [0.05, 0.1) is 45.0 Å². The van der Waals surface area contributed by atoms with Gasteiger partial charge in [0.25, 0.3) is 0 Å². The summed E-state index contributed by atoms with van der Waals surface area (Å²) in [6.07, 6.45) is 13.1. The molecule has 6 heterocycles. The molecule has 6 aromatic heterocycles. The summed E-state index contributed by atoms with van der Waals surface area (Å²) >= 11 is 0. The molecule has 0 atom stereocenters. The third-order valence-electron chi connectivity index (χ3n) is 9.34. The molecule has 0 N–H and O–H groups in total. The second kappa shape index (κ2) is 15.1. The first-order valence-electron chi connectivity index (χ1n) is 17.2. The zero-order chi connectivity index (χ0) is 38.4. The van der Waals surface area contributed by atoms with Crippen molar-refractivity contribution in [2.24, 2.45) is 0 Å². The van der Waals surface area contributed by atoms with Gasteiger partial charge in [0.1, 0.15) is 24.3 Å². The van der Waals surface area contributed by atoms with Crippen LogP contribution >= 0.6 is 0 Å². The van der Waals surface area contributed by atoms with E-state index in [1.54, 1.807) is 98.1 Å². The van der Waals surface area contributed by atoms with Crippen LogP contribution in [0.3, 0.4) is 0 Å². The zero-order valence-electron chi connectivity index (χ0n) is 29.3. The van der Waals surface area contributed by atoms with Crippen molar-refractivity contribution in [1.82, 2.24) is 29.9 Å². The lowest BCUT2D eigenvalue weighted by Crippen LogP contribution is -2.02. The van der Waals surface area contributed by atoms with Crippen LogP contribution in [0.4, 0.5) is 0 Å². The van der Waals surface area contributed by atoms with Crippen LogP contribution in [0.15, 0.2) is 147 Å². The van der Waals surface area contributed by atoms with E-state index in [0.717, 1.165) is 11.1 Å². The molecule has 0 fully saturated rings.